The molecule has 0 saturated heterocycles. The van der Waals surface area contributed by atoms with Gasteiger partial charge in [0.05, 0.1) is 5.69 Å². The first-order valence-corrected chi connectivity index (χ1v) is 12.9. The Labute approximate surface area is 220 Å². The van der Waals surface area contributed by atoms with E-state index in [1.807, 2.05) is 66.7 Å². The number of carbonyl (C=O) groups is 1. The molecule has 6 nitrogen and oxygen atoms in total. The monoisotopic (exact) mass is 506 g/mol. The van der Waals surface area contributed by atoms with E-state index in [0.717, 1.165) is 48.6 Å². The fourth-order valence-corrected chi connectivity index (χ4v) is 5.12. The summed E-state index contributed by atoms with van der Waals surface area (Å²) in [4.78, 5) is 21.0. The summed E-state index contributed by atoms with van der Waals surface area (Å²) in [6.45, 7) is 3.04. The molecular weight excluding hydrogens is 480 g/mol. The van der Waals surface area contributed by atoms with E-state index in [2.05, 4.69) is 39.5 Å². The van der Waals surface area contributed by atoms with Gasteiger partial charge in [0.25, 0.3) is 5.91 Å². The lowest BCUT2D eigenvalue weighted by Gasteiger charge is -2.25. The summed E-state index contributed by atoms with van der Waals surface area (Å²) in [6.07, 6.45) is 2.47. The van der Waals surface area contributed by atoms with E-state index in [4.69, 9.17) is 4.74 Å². The number of hydrogen-bond donors (Lipinski definition) is 1. The summed E-state index contributed by atoms with van der Waals surface area (Å²) in [5.74, 6) is 0.262. The van der Waals surface area contributed by atoms with E-state index in [-0.39, 0.29) is 5.57 Å². The average Bonchev–Trinajstić information content (AvgIpc) is 3.33. The minimum Gasteiger partial charge on any atom is -0.489 e. The standard InChI is InChI=1S/C30H26N4O2S/c31-18-25(17-22-11-13-26(14-12-22)36-21-24-9-5-2-6-10-24)29(35)33-30-32-27-20-34(16-15-28(27)37-30)19-23-7-3-1-4-8-23/h1-14,17H,15-16,19-21H2,(H,32,33,35). The molecule has 1 aromatic heterocycles. The molecule has 0 bridgehead atoms. The number of carbonyl (C=O) groups excluding carboxylic acids is 1. The number of nitrogens with zero attached hydrogens (tertiary/aromatic N) is 3. The van der Waals surface area contributed by atoms with Gasteiger partial charge in [-0.3, -0.25) is 15.0 Å². The van der Waals surface area contributed by atoms with Crippen LogP contribution in [0.25, 0.3) is 6.08 Å². The summed E-state index contributed by atoms with van der Waals surface area (Å²) in [5.41, 5.74) is 4.12. The van der Waals surface area contributed by atoms with Crippen LogP contribution in [0.2, 0.25) is 0 Å². The molecule has 3 aromatic carbocycles. The number of hydrogen-bond acceptors (Lipinski definition) is 6. The maximum atomic E-state index is 12.8. The summed E-state index contributed by atoms with van der Waals surface area (Å²) in [7, 11) is 0. The molecule has 1 amide bonds. The molecule has 2 heterocycles. The highest BCUT2D eigenvalue weighted by molar-refractivity contribution is 7.15. The SMILES string of the molecule is N#CC(=Cc1ccc(OCc2ccccc2)cc1)C(=O)Nc1nc2c(s1)CCN(Cc1ccccc1)C2. The Morgan fingerprint density at radius 3 is 2.43 bits per heavy atom. The van der Waals surface area contributed by atoms with E-state index in [9.17, 15) is 10.1 Å². The lowest BCUT2D eigenvalue weighted by atomic mass is 10.1. The summed E-state index contributed by atoms with van der Waals surface area (Å²) >= 11 is 1.49. The van der Waals surface area contributed by atoms with Crippen molar-refractivity contribution in [1.82, 2.24) is 9.88 Å². The van der Waals surface area contributed by atoms with Gasteiger partial charge in [-0.05, 0) is 41.3 Å². The molecule has 0 fully saturated rings. The van der Waals surface area contributed by atoms with E-state index < -0.39 is 5.91 Å². The molecular formula is C30H26N4O2S. The van der Waals surface area contributed by atoms with Crippen molar-refractivity contribution in [2.75, 3.05) is 11.9 Å². The number of ether oxygens (including phenoxy) is 1. The van der Waals surface area contributed by atoms with Gasteiger partial charge in [0.2, 0.25) is 0 Å². The van der Waals surface area contributed by atoms with Crippen LogP contribution in [0.4, 0.5) is 5.13 Å². The molecule has 4 aromatic rings. The number of aromatic nitrogens is 1. The quantitative estimate of drug-likeness (QED) is 0.240. The van der Waals surface area contributed by atoms with Crippen LogP contribution >= 0.6 is 11.3 Å². The first kappa shape index (κ1) is 24.4. The van der Waals surface area contributed by atoms with Gasteiger partial charge >= 0.3 is 0 Å². The Morgan fingerprint density at radius 1 is 1.03 bits per heavy atom. The first-order chi connectivity index (χ1) is 18.2. The number of amides is 1. The number of thiazole rings is 1. The van der Waals surface area contributed by atoms with Crippen LogP contribution in [0.15, 0.2) is 90.5 Å². The average molecular weight is 507 g/mol. The van der Waals surface area contributed by atoms with Gasteiger partial charge < -0.3 is 4.74 Å². The number of benzene rings is 3. The van der Waals surface area contributed by atoms with Gasteiger partial charge in [-0.1, -0.05) is 72.8 Å². The summed E-state index contributed by atoms with van der Waals surface area (Å²) in [6, 6.07) is 29.6. The minimum atomic E-state index is -0.459. The van der Waals surface area contributed by atoms with Crippen LogP contribution in [0.5, 0.6) is 5.75 Å². The molecule has 1 aliphatic heterocycles. The molecule has 0 saturated carbocycles. The van der Waals surface area contributed by atoms with Crippen molar-refractivity contribution in [1.29, 1.82) is 5.26 Å². The second kappa shape index (κ2) is 11.7. The molecule has 37 heavy (non-hydrogen) atoms. The van der Waals surface area contributed by atoms with Crippen molar-refractivity contribution in [2.24, 2.45) is 0 Å². The molecule has 5 rings (SSSR count). The predicted octanol–water partition coefficient (Wildman–Crippen LogP) is 5.83. The Kier molecular flexibility index (Phi) is 7.70. The smallest absolute Gasteiger partial charge is 0.268 e. The Morgan fingerprint density at radius 2 is 1.73 bits per heavy atom. The molecule has 1 N–H and O–H groups in total. The van der Waals surface area contributed by atoms with Gasteiger partial charge in [0, 0.05) is 24.5 Å². The highest BCUT2D eigenvalue weighted by Crippen LogP contribution is 2.29. The van der Waals surface area contributed by atoms with E-state index in [1.165, 1.54) is 21.8 Å². The fourth-order valence-electron chi connectivity index (χ4n) is 4.16. The number of nitriles is 1. The van der Waals surface area contributed by atoms with Crippen molar-refractivity contribution in [2.45, 2.75) is 26.1 Å². The Hall–Kier alpha value is -4.25. The maximum absolute atomic E-state index is 12.8. The number of rotatable bonds is 8. The molecule has 0 unspecified atom stereocenters. The zero-order valence-corrected chi connectivity index (χ0v) is 21.1. The summed E-state index contributed by atoms with van der Waals surface area (Å²) < 4.78 is 5.81. The molecule has 7 heteroatoms. The molecule has 0 radical (unpaired) electrons. The van der Waals surface area contributed by atoms with E-state index in [1.54, 1.807) is 6.08 Å². The Bertz CT molecular complexity index is 1420. The Balaban J connectivity index is 1.19. The van der Waals surface area contributed by atoms with Gasteiger partial charge in [0.15, 0.2) is 5.13 Å². The second-order valence-electron chi connectivity index (χ2n) is 8.80. The predicted molar refractivity (Wildman–Crippen MR) is 146 cm³/mol. The third-order valence-corrected chi connectivity index (χ3v) is 7.15. The minimum absolute atomic E-state index is 0.0248. The maximum Gasteiger partial charge on any atom is 0.268 e. The molecule has 0 atom stereocenters. The van der Waals surface area contributed by atoms with Gasteiger partial charge in [-0.15, -0.1) is 11.3 Å². The van der Waals surface area contributed by atoms with Crippen molar-refractivity contribution >= 4 is 28.5 Å². The van der Waals surface area contributed by atoms with Crippen LogP contribution in [0, 0.1) is 11.3 Å². The largest absolute Gasteiger partial charge is 0.489 e. The van der Waals surface area contributed by atoms with Crippen LogP contribution < -0.4 is 10.1 Å². The topological polar surface area (TPSA) is 78.2 Å². The normalized spacial score (nSPS) is 13.4. The van der Waals surface area contributed by atoms with Crippen molar-refractivity contribution in [3.8, 4) is 11.8 Å². The zero-order valence-electron chi connectivity index (χ0n) is 20.3. The van der Waals surface area contributed by atoms with Crippen molar-refractivity contribution < 1.29 is 9.53 Å². The van der Waals surface area contributed by atoms with E-state index >= 15 is 0 Å². The third-order valence-electron chi connectivity index (χ3n) is 6.08. The zero-order chi connectivity index (χ0) is 25.5. The van der Waals surface area contributed by atoms with Crippen molar-refractivity contribution in [3.63, 3.8) is 0 Å². The number of nitrogens with one attached hydrogen (secondary N) is 1. The lowest BCUT2D eigenvalue weighted by Crippen LogP contribution is -2.29. The van der Waals surface area contributed by atoms with Gasteiger partial charge in [0.1, 0.15) is 24.0 Å². The third kappa shape index (κ3) is 6.50. The molecule has 0 aliphatic carbocycles. The highest BCUT2D eigenvalue weighted by atomic mass is 32.1. The van der Waals surface area contributed by atoms with Gasteiger partial charge in [-0.2, -0.15) is 5.26 Å². The van der Waals surface area contributed by atoms with Crippen LogP contribution in [0.3, 0.4) is 0 Å². The molecule has 184 valence electrons. The van der Waals surface area contributed by atoms with Crippen LogP contribution in [0.1, 0.15) is 27.3 Å². The van der Waals surface area contributed by atoms with Crippen LogP contribution in [-0.2, 0) is 30.9 Å². The highest BCUT2D eigenvalue weighted by Gasteiger charge is 2.22. The summed E-state index contributed by atoms with van der Waals surface area (Å²) in [5, 5.41) is 13.0. The number of anilines is 1. The second-order valence-corrected chi connectivity index (χ2v) is 9.89. The van der Waals surface area contributed by atoms with Gasteiger partial charge in [-0.25, -0.2) is 4.98 Å². The lowest BCUT2D eigenvalue weighted by molar-refractivity contribution is -0.112. The molecule has 0 spiro atoms. The van der Waals surface area contributed by atoms with E-state index in [0.29, 0.717) is 11.7 Å². The van der Waals surface area contributed by atoms with Crippen LogP contribution in [-0.4, -0.2) is 22.3 Å². The van der Waals surface area contributed by atoms with Crippen molar-refractivity contribution in [3.05, 3.63) is 118 Å². The number of fused-ring (bicyclic) bond motifs is 1. The fraction of sp³-hybridized carbons (Fsp3) is 0.167. The molecule has 1 aliphatic rings. The first-order valence-electron chi connectivity index (χ1n) is 12.1.